The minimum absolute atomic E-state index is 0.0186. The Morgan fingerprint density at radius 2 is 2.22 bits per heavy atom. The predicted molar refractivity (Wildman–Crippen MR) is 92.5 cm³/mol. The molecule has 1 fully saturated rings. The van der Waals surface area contributed by atoms with E-state index in [1.807, 2.05) is 26.2 Å². The van der Waals surface area contributed by atoms with Crippen molar-refractivity contribution in [2.24, 2.45) is 11.3 Å². The van der Waals surface area contributed by atoms with Gasteiger partial charge in [0.05, 0.1) is 12.1 Å². The fourth-order valence-corrected chi connectivity index (χ4v) is 3.04. The van der Waals surface area contributed by atoms with Crippen LogP contribution in [0, 0.1) is 11.3 Å². The minimum Gasteiger partial charge on any atom is -0.356 e. The molecule has 0 bridgehead atoms. The molecule has 1 aliphatic heterocycles. The topological polar surface area (TPSA) is 83.1 Å². The van der Waals surface area contributed by atoms with Gasteiger partial charge in [-0.05, 0) is 31.8 Å². The molecule has 1 aromatic heterocycles. The normalized spacial score (nSPS) is 18.0. The maximum Gasteiger partial charge on any atom is 0.231 e. The van der Waals surface area contributed by atoms with Crippen LogP contribution in [0.4, 0.5) is 5.13 Å². The van der Waals surface area contributed by atoms with Crippen molar-refractivity contribution in [2.75, 3.05) is 25.0 Å². The van der Waals surface area contributed by atoms with E-state index >= 15 is 0 Å². The van der Waals surface area contributed by atoms with E-state index in [0.29, 0.717) is 23.3 Å². The number of aromatic nitrogens is 1. The Hall–Kier alpha value is -1.47. The van der Waals surface area contributed by atoms with Gasteiger partial charge in [-0.2, -0.15) is 0 Å². The SMILES string of the molecule is CC(C)(C)C(=O)Nc1nc(CC(=O)NCCC2CCNC2)cs1. The maximum absolute atomic E-state index is 11.9. The van der Waals surface area contributed by atoms with Gasteiger partial charge < -0.3 is 16.0 Å². The highest BCUT2D eigenvalue weighted by Gasteiger charge is 2.22. The summed E-state index contributed by atoms with van der Waals surface area (Å²) in [7, 11) is 0. The Kier molecular flexibility index (Phi) is 6.12. The number of carbonyl (C=O) groups is 2. The largest absolute Gasteiger partial charge is 0.356 e. The molecule has 6 nitrogen and oxygen atoms in total. The zero-order chi connectivity index (χ0) is 16.9. The maximum atomic E-state index is 11.9. The van der Waals surface area contributed by atoms with Gasteiger partial charge >= 0.3 is 0 Å². The van der Waals surface area contributed by atoms with Crippen molar-refractivity contribution in [1.82, 2.24) is 15.6 Å². The number of anilines is 1. The van der Waals surface area contributed by atoms with Crippen LogP contribution < -0.4 is 16.0 Å². The fraction of sp³-hybridized carbons (Fsp3) is 0.688. The van der Waals surface area contributed by atoms with E-state index in [-0.39, 0.29) is 18.2 Å². The molecule has 2 heterocycles. The summed E-state index contributed by atoms with van der Waals surface area (Å²) in [4.78, 5) is 28.1. The molecule has 0 saturated carbocycles. The number of carbonyl (C=O) groups excluding carboxylic acids is 2. The lowest BCUT2D eigenvalue weighted by atomic mass is 9.96. The van der Waals surface area contributed by atoms with Crippen LogP contribution >= 0.6 is 11.3 Å². The molecule has 0 spiro atoms. The van der Waals surface area contributed by atoms with Gasteiger partial charge in [0.1, 0.15) is 0 Å². The quantitative estimate of drug-likeness (QED) is 0.738. The van der Waals surface area contributed by atoms with Gasteiger partial charge in [-0.3, -0.25) is 9.59 Å². The van der Waals surface area contributed by atoms with Crippen LogP contribution in [0.5, 0.6) is 0 Å². The molecule has 0 radical (unpaired) electrons. The molecule has 7 heteroatoms. The number of rotatable bonds is 6. The third-order valence-corrected chi connectivity index (χ3v) is 4.64. The Bertz CT molecular complexity index is 545. The minimum atomic E-state index is -0.460. The summed E-state index contributed by atoms with van der Waals surface area (Å²) in [6, 6.07) is 0. The zero-order valence-electron chi connectivity index (χ0n) is 14.1. The molecule has 2 rings (SSSR count). The highest BCUT2D eigenvalue weighted by Crippen LogP contribution is 2.20. The highest BCUT2D eigenvalue weighted by molar-refractivity contribution is 7.13. The van der Waals surface area contributed by atoms with Crippen LogP contribution in [-0.4, -0.2) is 36.4 Å². The second kappa shape index (κ2) is 7.88. The van der Waals surface area contributed by atoms with Crippen LogP contribution in [0.1, 0.15) is 39.3 Å². The molecule has 1 saturated heterocycles. The lowest BCUT2D eigenvalue weighted by Gasteiger charge is -2.15. The fourth-order valence-electron chi connectivity index (χ4n) is 2.33. The first-order valence-electron chi connectivity index (χ1n) is 8.08. The molecular weight excluding hydrogens is 312 g/mol. The Labute approximate surface area is 141 Å². The van der Waals surface area contributed by atoms with Crippen molar-refractivity contribution in [3.63, 3.8) is 0 Å². The number of nitrogens with one attached hydrogen (secondary N) is 3. The molecule has 0 aliphatic carbocycles. The van der Waals surface area contributed by atoms with E-state index in [0.717, 1.165) is 19.5 Å². The van der Waals surface area contributed by atoms with Crippen LogP contribution in [0.15, 0.2) is 5.38 Å². The summed E-state index contributed by atoms with van der Waals surface area (Å²) in [6.07, 6.45) is 2.46. The van der Waals surface area contributed by atoms with Crippen LogP contribution in [0.25, 0.3) is 0 Å². The van der Waals surface area contributed by atoms with Crippen molar-refractivity contribution < 1.29 is 9.59 Å². The van der Waals surface area contributed by atoms with Gasteiger partial charge in [-0.15, -0.1) is 11.3 Å². The smallest absolute Gasteiger partial charge is 0.231 e. The van der Waals surface area contributed by atoms with E-state index in [2.05, 4.69) is 20.9 Å². The van der Waals surface area contributed by atoms with Crippen LogP contribution in [0.2, 0.25) is 0 Å². The number of nitrogens with zero attached hydrogens (tertiary/aromatic N) is 1. The third-order valence-electron chi connectivity index (χ3n) is 3.83. The van der Waals surface area contributed by atoms with E-state index in [9.17, 15) is 9.59 Å². The summed E-state index contributed by atoms with van der Waals surface area (Å²) in [5.74, 6) is 0.580. The molecule has 2 amide bonds. The van der Waals surface area contributed by atoms with E-state index in [1.165, 1.54) is 17.8 Å². The molecule has 1 unspecified atom stereocenters. The average molecular weight is 338 g/mol. The third kappa shape index (κ3) is 5.91. The first-order valence-corrected chi connectivity index (χ1v) is 8.96. The van der Waals surface area contributed by atoms with Gasteiger partial charge in [-0.1, -0.05) is 20.8 Å². The first kappa shape index (κ1) is 17.9. The molecule has 1 aromatic rings. The van der Waals surface area contributed by atoms with Crippen molar-refractivity contribution in [3.8, 4) is 0 Å². The highest BCUT2D eigenvalue weighted by atomic mass is 32.1. The van der Waals surface area contributed by atoms with Crippen LogP contribution in [0.3, 0.4) is 0 Å². The molecule has 128 valence electrons. The standard InChI is InChI=1S/C16H26N4O2S/c1-16(2,3)14(22)20-15-19-12(10-23-15)8-13(21)18-7-5-11-4-6-17-9-11/h10-11,17H,4-9H2,1-3H3,(H,18,21)(H,19,20,22). The predicted octanol–water partition coefficient (Wildman–Crippen LogP) is 1.79. The second-order valence-electron chi connectivity index (χ2n) is 7.02. The average Bonchev–Trinajstić information content (AvgIpc) is 3.10. The van der Waals surface area contributed by atoms with Crippen molar-refractivity contribution >= 4 is 28.3 Å². The Morgan fingerprint density at radius 3 is 2.87 bits per heavy atom. The second-order valence-corrected chi connectivity index (χ2v) is 7.88. The molecule has 0 aromatic carbocycles. The first-order chi connectivity index (χ1) is 10.8. The van der Waals surface area contributed by atoms with Gasteiger partial charge in [0.2, 0.25) is 11.8 Å². The molecule has 1 aliphatic rings. The summed E-state index contributed by atoms with van der Waals surface area (Å²) in [5.41, 5.74) is 0.234. The lowest BCUT2D eigenvalue weighted by molar-refractivity contribution is -0.123. The number of hydrogen-bond donors (Lipinski definition) is 3. The molecule has 23 heavy (non-hydrogen) atoms. The van der Waals surface area contributed by atoms with Gasteiger partial charge in [0.25, 0.3) is 0 Å². The lowest BCUT2D eigenvalue weighted by Crippen LogP contribution is -2.28. The zero-order valence-corrected chi connectivity index (χ0v) is 14.9. The van der Waals surface area contributed by atoms with E-state index < -0.39 is 5.41 Å². The monoisotopic (exact) mass is 338 g/mol. The van der Waals surface area contributed by atoms with Crippen molar-refractivity contribution in [3.05, 3.63) is 11.1 Å². The summed E-state index contributed by atoms with van der Waals surface area (Å²) >= 11 is 1.35. The van der Waals surface area contributed by atoms with Crippen LogP contribution in [-0.2, 0) is 16.0 Å². The molecule has 1 atom stereocenters. The number of amides is 2. The van der Waals surface area contributed by atoms with Gasteiger partial charge in [0, 0.05) is 17.3 Å². The number of hydrogen-bond acceptors (Lipinski definition) is 5. The van der Waals surface area contributed by atoms with Gasteiger partial charge in [-0.25, -0.2) is 4.98 Å². The Morgan fingerprint density at radius 1 is 1.43 bits per heavy atom. The summed E-state index contributed by atoms with van der Waals surface area (Å²) < 4.78 is 0. The Balaban J connectivity index is 1.72. The molecular formula is C16H26N4O2S. The van der Waals surface area contributed by atoms with E-state index in [4.69, 9.17) is 0 Å². The van der Waals surface area contributed by atoms with E-state index in [1.54, 1.807) is 0 Å². The van der Waals surface area contributed by atoms with Crippen molar-refractivity contribution in [1.29, 1.82) is 0 Å². The van der Waals surface area contributed by atoms with Crippen molar-refractivity contribution in [2.45, 2.75) is 40.0 Å². The van der Waals surface area contributed by atoms with Gasteiger partial charge in [0.15, 0.2) is 5.13 Å². The summed E-state index contributed by atoms with van der Waals surface area (Å²) in [5, 5.41) is 11.4. The molecule has 3 N–H and O–H groups in total. The number of thiazole rings is 1. The summed E-state index contributed by atoms with van der Waals surface area (Å²) in [6.45, 7) is 8.40.